The predicted octanol–water partition coefficient (Wildman–Crippen LogP) is -0.691. The Morgan fingerprint density at radius 1 is 1.62 bits per heavy atom. The van der Waals surface area contributed by atoms with Crippen LogP contribution in [0.5, 0.6) is 0 Å². The van der Waals surface area contributed by atoms with Gasteiger partial charge in [0.05, 0.1) is 24.6 Å². The number of methoxy groups -OCH3 is 1. The van der Waals surface area contributed by atoms with Gasteiger partial charge >= 0.3 is 0 Å². The molecule has 1 fully saturated rings. The Balaban J connectivity index is 1.65. The number of hydrogen-bond donors (Lipinski definition) is 2. The Bertz CT molecular complexity index is 431. The third kappa shape index (κ3) is 5.78. The molecule has 1 aromatic rings. The third-order valence-corrected chi connectivity index (χ3v) is 3.23. The molecule has 0 radical (unpaired) electrons. The minimum Gasteiger partial charge on any atom is -0.383 e. The van der Waals surface area contributed by atoms with Crippen LogP contribution in [0.3, 0.4) is 0 Å². The van der Waals surface area contributed by atoms with E-state index in [1.165, 1.54) is 4.68 Å². The van der Waals surface area contributed by atoms with Gasteiger partial charge in [0.15, 0.2) is 0 Å². The minimum atomic E-state index is -0.0747. The maximum atomic E-state index is 11.8. The average molecular weight is 297 g/mol. The van der Waals surface area contributed by atoms with Gasteiger partial charge in [-0.15, -0.1) is 5.10 Å². The monoisotopic (exact) mass is 297 g/mol. The molecule has 0 spiro atoms. The molecule has 0 aromatic carbocycles. The van der Waals surface area contributed by atoms with Gasteiger partial charge in [-0.2, -0.15) is 0 Å². The van der Waals surface area contributed by atoms with Crippen LogP contribution in [0.4, 0.5) is 0 Å². The van der Waals surface area contributed by atoms with Crippen molar-refractivity contribution in [2.24, 2.45) is 0 Å². The van der Waals surface area contributed by atoms with Crippen molar-refractivity contribution in [2.75, 3.05) is 33.4 Å². The summed E-state index contributed by atoms with van der Waals surface area (Å²) in [4.78, 5) is 11.8. The Kier molecular flexibility index (Phi) is 6.58. The lowest BCUT2D eigenvalue weighted by Crippen LogP contribution is -2.34. The van der Waals surface area contributed by atoms with E-state index in [1.54, 1.807) is 13.3 Å². The van der Waals surface area contributed by atoms with Crippen molar-refractivity contribution in [1.29, 1.82) is 0 Å². The first kappa shape index (κ1) is 15.9. The summed E-state index contributed by atoms with van der Waals surface area (Å²) in [6.07, 6.45) is 4.01. The van der Waals surface area contributed by atoms with E-state index >= 15 is 0 Å². The predicted molar refractivity (Wildman–Crippen MR) is 75.6 cm³/mol. The molecule has 0 aliphatic carbocycles. The van der Waals surface area contributed by atoms with Gasteiger partial charge in [0.2, 0.25) is 5.91 Å². The van der Waals surface area contributed by atoms with Gasteiger partial charge in [-0.05, 0) is 12.8 Å². The molecule has 2 heterocycles. The number of ether oxygens (including phenoxy) is 2. The molecule has 118 valence electrons. The number of carbonyl (C=O) groups excluding carboxylic acids is 1. The summed E-state index contributed by atoms with van der Waals surface area (Å²) in [5.41, 5.74) is 0.804. The van der Waals surface area contributed by atoms with Gasteiger partial charge < -0.3 is 20.1 Å². The molecule has 8 nitrogen and oxygen atoms in total. The summed E-state index contributed by atoms with van der Waals surface area (Å²) in [6, 6.07) is 0. The summed E-state index contributed by atoms with van der Waals surface area (Å²) >= 11 is 0. The normalized spacial score (nSPS) is 18.0. The Labute approximate surface area is 124 Å². The zero-order valence-electron chi connectivity index (χ0n) is 12.4. The quantitative estimate of drug-likeness (QED) is 0.586. The molecule has 0 bridgehead atoms. The summed E-state index contributed by atoms with van der Waals surface area (Å²) < 4.78 is 11.9. The lowest BCUT2D eigenvalue weighted by molar-refractivity contribution is -0.122. The molecule has 21 heavy (non-hydrogen) atoms. The van der Waals surface area contributed by atoms with Crippen LogP contribution in [-0.4, -0.2) is 60.4 Å². The third-order valence-electron chi connectivity index (χ3n) is 3.23. The molecule has 1 aliphatic rings. The summed E-state index contributed by atoms with van der Waals surface area (Å²) in [5.74, 6) is -0.0747. The molecule has 1 aliphatic heterocycles. The van der Waals surface area contributed by atoms with Crippen LogP contribution in [-0.2, 0) is 27.4 Å². The largest absolute Gasteiger partial charge is 0.383 e. The molecule has 1 aromatic heterocycles. The van der Waals surface area contributed by atoms with Crippen LogP contribution in [0.25, 0.3) is 0 Å². The van der Waals surface area contributed by atoms with Gasteiger partial charge in [0, 0.05) is 33.4 Å². The van der Waals surface area contributed by atoms with Crippen molar-refractivity contribution >= 4 is 5.91 Å². The van der Waals surface area contributed by atoms with Crippen molar-refractivity contribution in [3.05, 3.63) is 11.9 Å². The lowest BCUT2D eigenvalue weighted by atomic mass is 10.2. The smallest absolute Gasteiger partial charge is 0.241 e. The van der Waals surface area contributed by atoms with Crippen molar-refractivity contribution in [3.8, 4) is 0 Å². The molecule has 1 amide bonds. The van der Waals surface area contributed by atoms with Gasteiger partial charge in [0.25, 0.3) is 0 Å². The molecular weight excluding hydrogens is 274 g/mol. The summed E-state index contributed by atoms with van der Waals surface area (Å²) in [6.45, 7) is 3.56. The first-order valence-corrected chi connectivity index (χ1v) is 7.25. The van der Waals surface area contributed by atoms with Crippen molar-refractivity contribution < 1.29 is 14.3 Å². The van der Waals surface area contributed by atoms with Gasteiger partial charge in [-0.25, -0.2) is 4.68 Å². The molecule has 0 saturated carbocycles. The molecule has 1 unspecified atom stereocenters. The first-order valence-electron chi connectivity index (χ1n) is 7.25. The molecule has 8 heteroatoms. The fourth-order valence-electron chi connectivity index (χ4n) is 2.12. The van der Waals surface area contributed by atoms with E-state index in [4.69, 9.17) is 9.47 Å². The number of nitrogens with zero attached hydrogens (tertiary/aromatic N) is 3. The Morgan fingerprint density at radius 2 is 2.52 bits per heavy atom. The number of hydrogen-bond acceptors (Lipinski definition) is 6. The van der Waals surface area contributed by atoms with Crippen LogP contribution in [0.2, 0.25) is 0 Å². The van der Waals surface area contributed by atoms with E-state index in [1.807, 2.05) is 0 Å². The van der Waals surface area contributed by atoms with E-state index < -0.39 is 0 Å². The highest BCUT2D eigenvalue weighted by molar-refractivity contribution is 5.75. The van der Waals surface area contributed by atoms with Gasteiger partial charge in [0.1, 0.15) is 6.54 Å². The average Bonchev–Trinajstić information content (AvgIpc) is 3.13. The lowest BCUT2D eigenvalue weighted by Gasteiger charge is -2.10. The fourth-order valence-corrected chi connectivity index (χ4v) is 2.12. The van der Waals surface area contributed by atoms with Crippen LogP contribution < -0.4 is 10.6 Å². The zero-order valence-corrected chi connectivity index (χ0v) is 12.4. The van der Waals surface area contributed by atoms with E-state index in [-0.39, 0.29) is 18.6 Å². The zero-order chi connectivity index (χ0) is 14.9. The van der Waals surface area contributed by atoms with Gasteiger partial charge in [-0.3, -0.25) is 4.79 Å². The number of nitrogens with one attached hydrogen (secondary N) is 2. The molecule has 2 N–H and O–H groups in total. The van der Waals surface area contributed by atoms with Crippen LogP contribution in [0.15, 0.2) is 6.20 Å². The second-order valence-electron chi connectivity index (χ2n) is 5.02. The maximum absolute atomic E-state index is 11.8. The van der Waals surface area contributed by atoms with E-state index in [0.717, 1.165) is 31.7 Å². The number of aromatic nitrogens is 3. The van der Waals surface area contributed by atoms with E-state index in [9.17, 15) is 4.79 Å². The summed E-state index contributed by atoms with van der Waals surface area (Å²) in [7, 11) is 1.66. The van der Waals surface area contributed by atoms with E-state index in [0.29, 0.717) is 19.7 Å². The topological polar surface area (TPSA) is 90.3 Å². The van der Waals surface area contributed by atoms with Crippen molar-refractivity contribution in [3.63, 3.8) is 0 Å². The van der Waals surface area contributed by atoms with Crippen molar-refractivity contribution in [1.82, 2.24) is 25.6 Å². The standard InChI is InChI=1S/C13H23N5O3/c1-20-6-4-14-7-11-9-18(17-16-11)10-13(19)15-8-12-3-2-5-21-12/h9,12,14H,2-8,10H2,1H3,(H,15,19). The highest BCUT2D eigenvalue weighted by Crippen LogP contribution is 2.10. The van der Waals surface area contributed by atoms with Crippen LogP contribution >= 0.6 is 0 Å². The van der Waals surface area contributed by atoms with Crippen molar-refractivity contribution in [2.45, 2.75) is 32.0 Å². The van der Waals surface area contributed by atoms with Gasteiger partial charge in [-0.1, -0.05) is 5.21 Å². The molecule has 1 saturated heterocycles. The second kappa shape index (κ2) is 8.71. The number of carbonyl (C=O) groups is 1. The minimum absolute atomic E-state index is 0.0747. The molecular formula is C13H23N5O3. The number of amides is 1. The highest BCUT2D eigenvalue weighted by atomic mass is 16.5. The summed E-state index contributed by atoms with van der Waals surface area (Å²) in [5, 5.41) is 14.0. The van der Waals surface area contributed by atoms with Crippen LogP contribution in [0, 0.1) is 0 Å². The molecule has 1 atom stereocenters. The second-order valence-corrected chi connectivity index (χ2v) is 5.02. The molecule has 2 rings (SSSR count). The van der Waals surface area contributed by atoms with Crippen LogP contribution in [0.1, 0.15) is 18.5 Å². The maximum Gasteiger partial charge on any atom is 0.241 e. The Morgan fingerprint density at radius 3 is 3.29 bits per heavy atom. The number of rotatable bonds is 9. The van der Waals surface area contributed by atoms with E-state index in [2.05, 4.69) is 20.9 Å². The SMILES string of the molecule is COCCNCc1cn(CC(=O)NCC2CCCO2)nn1. The first-order chi connectivity index (χ1) is 10.3. The fraction of sp³-hybridized carbons (Fsp3) is 0.769. The Hall–Kier alpha value is -1.51. The highest BCUT2D eigenvalue weighted by Gasteiger charge is 2.16.